The Labute approximate surface area is 89.4 Å². The zero-order chi connectivity index (χ0) is 11.7. The molecule has 0 atom stereocenters. The molecule has 84 valence electrons. The highest BCUT2D eigenvalue weighted by Crippen LogP contribution is 2.27. The highest BCUT2D eigenvalue weighted by molar-refractivity contribution is 7.88. The summed E-state index contributed by atoms with van der Waals surface area (Å²) in [5.74, 6) is -0.431. The third-order valence-electron chi connectivity index (χ3n) is 1.31. The molecule has 0 aliphatic rings. The Morgan fingerprint density at radius 3 is 2.33 bits per heavy atom. The molecule has 0 saturated carbocycles. The van der Waals surface area contributed by atoms with Gasteiger partial charge in [0.1, 0.15) is 5.75 Å². The van der Waals surface area contributed by atoms with Crippen LogP contribution in [0.1, 0.15) is 0 Å². The summed E-state index contributed by atoms with van der Waals surface area (Å²) >= 11 is 3.82. The van der Waals surface area contributed by atoms with E-state index in [1.54, 1.807) is 0 Å². The fourth-order valence-electron chi connectivity index (χ4n) is 0.709. The molecule has 0 aliphatic heterocycles. The molecule has 0 unspecified atom stereocenters. The third-order valence-corrected chi connectivity index (χ3v) is 2.56. The van der Waals surface area contributed by atoms with E-state index >= 15 is 0 Å². The number of hydrogen-bond acceptors (Lipinski definition) is 4. The minimum atomic E-state index is -5.60. The van der Waals surface area contributed by atoms with Crippen LogP contribution in [0.5, 0.6) is 5.75 Å². The van der Waals surface area contributed by atoms with Crippen molar-refractivity contribution in [2.24, 2.45) is 0 Å². The zero-order valence-electron chi connectivity index (χ0n) is 7.02. The number of benzene rings is 1. The SMILES string of the molecule is O=S(=O)(Oc1cccc(S)c1)C(F)(F)F. The van der Waals surface area contributed by atoms with E-state index in [-0.39, 0.29) is 0 Å². The maximum Gasteiger partial charge on any atom is 0.534 e. The number of thiol groups is 1. The zero-order valence-corrected chi connectivity index (χ0v) is 8.73. The topological polar surface area (TPSA) is 43.4 Å². The minimum absolute atomic E-state index is 0.296. The average molecular weight is 258 g/mol. The summed E-state index contributed by atoms with van der Waals surface area (Å²) in [5, 5.41) is 0. The highest BCUT2D eigenvalue weighted by atomic mass is 32.2. The van der Waals surface area contributed by atoms with Gasteiger partial charge in [-0.05, 0) is 18.2 Å². The van der Waals surface area contributed by atoms with Crippen molar-refractivity contribution in [1.82, 2.24) is 0 Å². The molecule has 0 saturated heterocycles. The van der Waals surface area contributed by atoms with Gasteiger partial charge in [-0.3, -0.25) is 0 Å². The monoisotopic (exact) mass is 258 g/mol. The number of hydrogen-bond donors (Lipinski definition) is 1. The molecule has 0 N–H and O–H groups in total. The molecule has 0 fully saturated rings. The fraction of sp³-hybridized carbons (Fsp3) is 0.143. The average Bonchev–Trinajstić information content (AvgIpc) is 2.00. The van der Waals surface area contributed by atoms with E-state index in [1.165, 1.54) is 12.1 Å². The van der Waals surface area contributed by atoms with Gasteiger partial charge in [-0.15, -0.1) is 12.6 Å². The molecule has 1 aromatic carbocycles. The van der Waals surface area contributed by atoms with Gasteiger partial charge < -0.3 is 4.18 Å². The first-order valence-corrected chi connectivity index (χ1v) is 5.38. The van der Waals surface area contributed by atoms with Crippen molar-refractivity contribution >= 4 is 22.7 Å². The minimum Gasteiger partial charge on any atom is -0.376 e. The second-order valence-corrected chi connectivity index (χ2v) is 4.53. The molecule has 1 aromatic rings. The first-order valence-electron chi connectivity index (χ1n) is 3.52. The quantitative estimate of drug-likeness (QED) is 0.502. The van der Waals surface area contributed by atoms with Gasteiger partial charge in [0.05, 0.1) is 0 Å². The normalized spacial score (nSPS) is 12.5. The number of halogens is 3. The maximum absolute atomic E-state index is 11.9. The van der Waals surface area contributed by atoms with Gasteiger partial charge in [0.2, 0.25) is 0 Å². The molecule has 1 rings (SSSR count). The van der Waals surface area contributed by atoms with E-state index in [0.29, 0.717) is 4.90 Å². The maximum atomic E-state index is 11.9. The summed E-state index contributed by atoms with van der Waals surface area (Å²) in [5.41, 5.74) is -5.43. The van der Waals surface area contributed by atoms with Crippen molar-refractivity contribution in [2.75, 3.05) is 0 Å². The van der Waals surface area contributed by atoms with Crippen molar-refractivity contribution in [2.45, 2.75) is 10.4 Å². The first-order chi connectivity index (χ1) is 6.72. The van der Waals surface area contributed by atoms with E-state index in [2.05, 4.69) is 16.8 Å². The lowest BCUT2D eigenvalue weighted by atomic mass is 10.3. The van der Waals surface area contributed by atoms with Gasteiger partial charge in [0.25, 0.3) is 0 Å². The molecule has 0 aliphatic carbocycles. The largest absolute Gasteiger partial charge is 0.534 e. The lowest BCUT2D eigenvalue weighted by Crippen LogP contribution is -2.28. The van der Waals surface area contributed by atoms with Gasteiger partial charge in [-0.1, -0.05) is 6.07 Å². The molecule has 0 bridgehead atoms. The predicted octanol–water partition coefficient (Wildman–Crippen LogP) is 2.20. The van der Waals surface area contributed by atoms with Crippen molar-refractivity contribution in [1.29, 1.82) is 0 Å². The molecule has 0 radical (unpaired) electrons. The van der Waals surface area contributed by atoms with E-state index in [9.17, 15) is 21.6 Å². The van der Waals surface area contributed by atoms with E-state index < -0.39 is 21.4 Å². The molecule has 0 amide bonds. The van der Waals surface area contributed by atoms with Crippen LogP contribution in [0, 0.1) is 0 Å². The molecule has 8 heteroatoms. The number of alkyl halides is 3. The summed E-state index contributed by atoms with van der Waals surface area (Å²) in [6, 6.07) is 4.94. The second kappa shape index (κ2) is 3.93. The van der Waals surface area contributed by atoms with Gasteiger partial charge in [0.15, 0.2) is 0 Å². The summed E-state index contributed by atoms with van der Waals surface area (Å²) in [4.78, 5) is 0.296. The predicted molar refractivity (Wildman–Crippen MR) is 49.3 cm³/mol. The molecular formula is C7H5F3O3S2. The van der Waals surface area contributed by atoms with E-state index in [0.717, 1.165) is 12.1 Å². The fourth-order valence-corrected chi connectivity index (χ4v) is 1.37. The third kappa shape index (κ3) is 3.03. The summed E-state index contributed by atoms with van der Waals surface area (Å²) in [7, 11) is -5.60. The van der Waals surface area contributed by atoms with Crippen LogP contribution >= 0.6 is 12.6 Å². The summed E-state index contributed by atoms with van der Waals surface area (Å²) in [6.07, 6.45) is 0. The Hall–Kier alpha value is -0.890. The molecule has 15 heavy (non-hydrogen) atoms. The van der Waals surface area contributed by atoms with Gasteiger partial charge >= 0.3 is 15.6 Å². The van der Waals surface area contributed by atoms with Gasteiger partial charge in [0, 0.05) is 4.90 Å². The molecule has 3 nitrogen and oxygen atoms in total. The van der Waals surface area contributed by atoms with Crippen LogP contribution in [-0.4, -0.2) is 13.9 Å². The number of rotatable bonds is 2. The Morgan fingerprint density at radius 1 is 1.27 bits per heavy atom. The molecular weight excluding hydrogens is 253 g/mol. The lowest BCUT2D eigenvalue weighted by molar-refractivity contribution is -0.0500. The molecule has 0 heterocycles. The van der Waals surface area contributed by atoms with Gasteiger partial charge in [-0.25, -0.2) is 0 Å². The Bertz CT molecular complexity index is 453. The van der Waals surface area contributed by atoms with E-state index in [1.807, 2.05) is 0 Å². The highest BCUT2D eigenvalue weighted by Gasteiger charge is 2.48. The van der Waals surface area contributed by atoms with Crippen molar-refractivity contribution < 1.29 is 25.8 Å². The van der Waals surface area contributed by atoms with Crippen molar-refractivity contribution in [3.63, 3.8) is 0 Å². The molecule has 0 spiro atoms. The summed E-state index contributed by atoms with van der Waals surface area (Å²) in [6.45, 7) is 0. The van der Waals surface area contributed by atoms with Crippen LogP contribution < -0.4 is 4.18 Å². The van der Waals surface area contributed by atoms with Crippen LogP contribution in [0.15, 0.2) is 29.2 Å². The Balaban J connectivity index is 2.98. The Kier molecular flexibility index (Phi) is 3.19. The lowest BCUT2D eigenvalue weighted by Gasteiger charge is -2.09. The van der Waals surface area contributed by atoms with Crippen LogP contribution in [0.4, 0.5) is 13.2 Å². The first kappa shape index (κ1) is 12.2. The Morgan fingerprint density at radius 2 is 1.87 bits per heavy atom. The van der Waals surface area contributed by atoms with Crippen LogP contribution in [-0.2, 0) is 10.1 Å². The van der Waals surface area contributed by atoms with Crippen molar-refractivity contribution in [3.05, 3.63) is 24.3 Å². The van der Waals surface area contributed by atoms with Gasteiger partial charge in [-0.2, -0.15) is 21.6 Å². The van der Waals surface area contributed by atoms with Crippen LogP contribution in [0.3, 0.4) is 0 Å². The van der Waals surface area contributed by atoms with Crippen LogP contribution in [0.25, 0.3) is 0 Å². The van der Waals surface area contributed by atoms with Crippen LogP contribution in [0.2, 0.25) is 0 Å². The summed E-state index contributed by atoms with van der Waals surface area (Å²) < 4.78 is 60.6. The standard InChI is InChI=1S/C7H5F3O3S2/c8-7(9,10)15(11,12)13-5-2-1-3-6(14)4-5/h1-4,14H. The second-order valence-electron chi connectivity index (χ2n) is 2.48. The smallest absolute Gasteiger partial charge is 0.376 e. The van der Waals surface area contributed by atoms with E-state index in [4.69, 9.17) is 0 Å². The molecule has 0 aromatic heterocycles. The van der Waals surface area contributed by atoms with Crippen molar-refractivity contribution in [3.8, 4) is 5.75 Å².